The fraction of sp³-hybridized carbons (Fsp3) is 0.200. The zero-order valence-electron chi connectivity index (χ0n) is 7.32. The fourth-order valence-corrected chi connectivity index (χ4v) is 2.20. The van der Waals surface area contributed by atoms with Crippen molar-refractivity contribution in [2.24, 2.45) is 0 Å². The highest BCUT2D eigenvalue weighted by molar-refractivity contribution is 6.31. The van der Waals surface area contributed by atoms with Gasteiger partial charge in [-0.3, -0.25) is 0 Å². The van der Waals surface area contributed by atoms with Gasteiger partial charge in [0.25, 0.3) is 0 Å². The van der Waals surface area contributed by atoms with Crippen LogP contribution in [-0.4, -0.2) is 4.98 Å². The lowest BCUT2D eigenvalue weighted by Gasteiger charge is -1.97. The molecule has 2 nitrogen and oxygen atoms in total. The SMILES string of the molecule is Fc1cc(Cl)cc2c3c([nH]c12)CNC3. The van der Waals surface area contributed by atoms with Crippen LogP contribution in [0.5, 0.6) is 0 Å². The summed E-state index contributed by atoms with van der Waals surface area (Å²) in [5.41, 5.74) is 2.78. The maximum atomic E-state index is 13.5. The van der Waals surface area contributed by atoms with Gasteiger partial charge in [0.1, 0.15) is 5.82 Å². The van der Waals surface area contributed by atoms with Gasteiger partial charge in [-0.15, -0.1) is 0 Å². The lowest BCUT2D eigenvalue weighted by Crippen LogP contribution is -2.02. The van der Waals surface area contributed by atoms with Crippen molar-refractivity contribution in [3.8, 4) is 0 Å². The molecule has 1 aromatic carbocycles. The number of aromatic nitrogens is 1. The van der Waals surface area contributed by atoms with Crippen LogP contribution in [0.4, 0.5) is 4.39 Å². The lowest BCUT2D eigenvalue weighted by molar-refractivity contribution is 0.636. The Morgan fingerprint density at radius 1 is 1.29 bits per heavy atom. The molecular weight excluding hydrogens is 203 g/mol. The first kappa shape index (κ1) is 8.26. The minimum Gasteiger partial charge on any atom is -0.355 e. The van der Waals surface area contributed by atoms with Crippen LogP contribution in [0.1, 0.15) is 11.3 Å². The summed E-state index contributed by atoms with van der Waals surface area (Å²) in [5.74, 6) is -0.276. The van der Waals surface area contributed by atoms with E-state index < -0.39 is 0 Å². The number of benzene rings is 1. The molecule has 0 spiro atoms. The number of aromatic amines is 1. The fourth-order valence-electron chi connectivity index (χ4n) is 1.99. The molecule has 2 N–H and O–H groups in total. The molecular formula is C10H8ClFN2. The van der Waals surface area contributed by atoms with E-state index in [2.05, 4.69) is 10.3 Å². The second kappa shape index (κ2) is 2.72. The molecule has 1 aromatic heterocycles. The van der Waals surface area contributed by atoms with E-state index in [9.17, 15) is 4.39 Å². The Labute approximate surface area is 85.1 Å². The van der Waals surface area contributed by atoms with Crippen molar-refractivity contribution < 1.29 is 4.39 Å². The lowest BCUT2D eigenvalue weighted by atomic mass is 10.1. The van der Waals surface area contributed by atoms with Crippen LogP contribution in [0.3, 0.4) is 0 Å². The van der Waals surface area contributed by atoms with Crippen molar-refractivity contribution in [3.05, 3.63) is 34.2 Å². The van der Waals surface area contributed by atoms with Crippen LogP contribution < -0.4 is 5.32 Å². The van der Waals surface area contributed by atoms with Gasteiger partial charge in [0.2, 0.25) is 0 Å². The summed E-state index contributed by atoms with van der Waals surface area (Å²) in [4.78, 5) is 3.08. The van der Waals surface area contributed by atoms with Gasteiger partial charge in [0.15, 0.2) is 0 Å². The molecule has 1 aliphatic heterocycles. The van der Waals surface area contributed by atoms with E-state index in [1.807, 2.05) is 6.07 Å². The largest absolute Gasteiger partial charge is 0.355 e. The second-order valence-corrected chi connectivity index (χ2v) is 3.93. The first-order chi connectivity index (χ1) is 6.75. The van der Waals surface area contributed by atoms with E-state index in [1.165, 1.54) is 6.07 Å². The normalized spacial score (nSPS) is 15.0. The van der Waals surface area contributed by atoms with Crippen LogP contribution in [0.2, 0.25) is 5.02 Å². The molecule has 4 heteroatoms. The molecule has 0 bridgehead atoms. The highest BCUT2D eigenvalue weighted by Gasteiger charge is 2.18. The summed E-state index contributed by atoms with van der Waals surface area (Å²) in [6.45, 7) is 1.57. The number of nitrogens with one attached hydrogen (secondary N) is 2. The van der Waals surface area contributed by atoms with Gasteiger partial charge < -0.3 is 10.3 Å². The van der Waals surface area contributed by atoms with E-state index in [0.717, 1.165) is 29.7 Å². The van der Waals surface area contributed by atoms with E-state index in [1.54, 1.807) is 0 Å². The van der Waals surface area contributed by atoms with Gasteiger partial charge in [-0.25, -0.2) is 4.39 Å². The smallest absolute Gasteiger partial charge is 0.148 e. The number of H-pyrrole nitrogens is 1. The number of rotatable bonds is 0. The van der Waals surface area contributed by atoms with E-state index in [4.69, 9.17) is 11.6 Å². The third kappa shape index (κ3) is 0.996. The van der Waals surface area contributed by atoms with Gasteiger partial charge >= 0.3 is 0 Å². The average Bonchev–Trinajstić information content (AvgIpc) is 2.65. The van der Waals surface area contributed by atoms with Crippen LogP contribution in [-0.2, 0) is 13.1 Å². The molecule has 2 heterocycles. The molecule has 0 atom stereocenters. The van der Waals surface area contributed by atoms with Gasteiger partial charge in [-0.2, -0.15) is 0 Å². The Hall–Kier alpha value is -1.06. The number of fused-ring (bicyclic) bond motifs is 3. The zero-order valence-corrected chi connectivity index (χ0v) is 8.08. The number of halogens is 2. The third-order valence-corrected chi connectivity index (χ3v) is 2.84. The maximum absolute atomic E-state index is 13.5. The van der Waals surface area contributed by atoms with Gasteiger partial charge in [0.05, 0.1) is 5.52 Å². The number of hydrogen-bond donors (Lipinski definition) is 2. The molecule has 0 unspecified atom stereocenters. The molecule has 0 saturated carbocycles. The average molecular weight is 211 g/mol. The second-order valence-electron chi connectivity index (χ2n) is 3.50. The molecule has 0 fully saturated rings. The zero-order chi connectivity index (χ0) is 9.71. The van der Waals surface area contributed by atoms with Crippen LogP contribution in [0, 0.1) is 5.82 Å². The van der Waals surface area contributed by atoms with Crippen molar-refractivity contribution in [2.75, 3.05) is 0 Å². The first-order valence-corrected chi connectivity index (χ1v) is 4.82. The minimum atomic E-state index is -0.276. The molecule has 0 aliphatic carbocycles. The van der Waals surface area contributed by atoms with Crippen molar-refractivity contribution in [1.29, 1.82) is 0 Å². The van der Waals surface area contributed by atoms with Gasteiger partial charge in [-0.1, -0.05) is 11.6 Å². The Balaban J connectivity index is 2.43. The maximum Gasteiger partial charge on any atom is 0.148 e. The summed E-state index contributed by atoms with van der Waals surface area (Å²) >= 11 is 5.81. The van der Waals surface area contributed by atoms with E-state index in [-0.39, 0.29) is 5.82 Å². The summed E-state index contributed by atoms with van der Waals surface area (Å²) in [6, 6.07) is 3.14. The molecule has 0 radical (unpaired) electrons. The Morgan fingerprint density at radius 3 is 3.00 bits per heavy atom. The van der Waals surface area contributed by atoms with Crippen molar-refractivity contribution in [1.82, 2.24) is 10.3 Å². The number of hydrogen-bond acceptors (Lipinski definition) is 1. The predicted molar refractivity (Wildman–Crippen MR) is 53.8 cm³/mol. The van der Waals surface area contributed by atoms with Crippen LogP contribution in [0.15, 0.2) is 12.1 Å². The molecule has 14 heavy (non-hydrogen) atoms. The molecule has 3 rings (SSSR count). The molecule has 0 amide bonds. The topological polar surface area (TPSA) is 27.8 Å². The monoisotopic (exact) mass is 210 g/mol. The Morgan fingerprint density at radius 2 is 2.14 bits per heavy atom. The molecule has 72 valence electrons. The van der Waals surface area contributed by atoms with E-state index >= 15 is 0 Å². The van der Waals surface area contributed by atoms with Gasteiger partial charge in [-0.05, 0) is 17.7 Å². The van der Waals surface area contributed by atoms with Crippen molar-refractivity contribution in [2.45, 2.75) is 13.1 Å². The van der Waals surface area contributed by atoms with Gasteiger partial charge in [0, 0.05) is 29.2 Å². The summed E-state index contributed by atoms with van der Waals surface area (Å²) < 4.78 is 13.5. The predicted octanol–water partition coefficient (Wildman–Crippen LogP) is 2.56. The van der Waals surface area contributed by atoms with Crippen LogP contribution in [0.25, 0.3) is 10.9 Å². The summed E-state index contributed by atoms with van der Waals surface area (Å²) in [7, 11) is 0. The van der Waals surface area contributed by atoms with Crippen molar-refractivity contribution in [3.63, 3.8) is 0 Å². The Bertz CT molecular complexity index is 518. The minimum absolute atomic E-state index is 0.276. The third-order valence-electron chi connectivity index (χ3n) is 2.62. The molecule has 0 saturated heterocycles. The summed E-state index contributed by atoms with van der Waals surface area (Å²) in [6.07, 6.45) is 0. The van der Waals surface area contributed by atoms with Crippen LogP contribution >= 0.6 is 11.6 Å². The van der Waals surface area contributed by atoms with E-state index in [0.29, 0.717) is 10.5 Å². The highest BCUT2D eigenvalue weighted by atomic mass is 35.5. The van der Waals surface area contributed by atoms with Crippen molar-refractivity contribution >= 4 is 22.5 Å². The first-order valence-electron chi connectivity index (χ1n) is 4.45. The Kier molecular flexibility index (Phi) is 1.60. The highest BCUT2D eigenvalue weighted by Crippen LogP contribution is 2.30. The summed E-state index contributed by atoms with van der Waals surface area (Å²) in [5, 5.41) is 4.55. The quantitative estimate of drug-likeness (QED) is 0.687. The molecule has 1 aliphatic rings. The standard InChI is InChI=1S/C10H8ClFN2/c11-5-1-6-7-3-13-4-9(7)14-10(6)8(12)2-5/h1-2,13-14H,3-4H2. The molecule has 2 aromatic rings.